The molecule has 0 fully saturated rings. The van der Waals surface area contributed by atoms with Gasteiger partial charge in [0.05, 0.1) is 12.2 Å². The molecule has 0 atom stereocenters. The van der Waals surface area contributed by atoms with Gasteiger partial charge >= 0.3 is 5.97 Å². The Kier molecular flexibility index (Phi) is 5.16. The zero-order valence-corrected chi connectivity index (χ0v) is 12.3. The maximum absolute atomic E-state index is 12.3. The Labute approximate surface area is 125 Å². The lowest BCUT2D eigenvalue weighted by atomic mass is 10.0. The van der Waals surface area contributed by atoms with Crippen molar-refractivity contribution < 1.29 is 9.53 Å². The summed E-state index contributed by atoms with van der Waals surface area (Å²) in [5.41, 5.74) is 3.11. The van der Waals surface area contributed by atoms with E-state index in [1.165, 1.54) is 0 Å². The number of hydrogen-bond acceptors (Lipinski definition) is 3. The molecule has 2 rings (SSSR count). The van der Waals surface area contributed by atoms with Crippen molar-refractivity contribution in [3.63, 3.8) is 0 Å². The minimum Gasteiger partial charge on any atom is -0.462 e. The number of rotatable bonds is 5. The summed E-state index contributed by atoms with van der Waals surface area (Å²) in [5.74, 6) is -0.315. The fraction of sp³-hybridized carbons (Fsp3) is 0.167. The van der Waals surface area contributed by atoms with Gasteiger partial charge in [0.15, 0.2) is 0 Å². The van der Waals surface area contributed by atoms with Gasteiger partial charge in [0.1, 0.15) is 0 Å². The third kappa shape index (κ3) is 3.96. The van der Waals surface area contributed by atoms with Crippen LogP contribution in [0.4, 0.5) is 5.69 Å². The van der Waals surface area contributed by atoms with Crippen LogP contribution in [0.25, 0.3) is 5.57 Å². The van der Waals surface area contributed by atoms with Crippen LogP contribution in [0.5, 0.6) is 0 Å². The maximum atomic E-state index is 12.3. The molecule has 0 heterocycles. The normalized spacial score (nSPS) is 11.5. The lowest BCUT2D eigenvalue weighted by Gasteiger charge is -2.13. The zero-order chi connectivity index (χ0) is 15.1. The van der Waals surface area contributed by atoms with Gasteiger partial charge in [0.25, 0.3) is 0 Å². The minimum atomic E-state index is -0.315. The first-order chi connectivity index (χ1) is 10.2. The van der Waals surface area contributed by atoms with Crippen molar-refractivity contribution in [1.82, 2.24) is 0 Å². The van der Waals surface area contributed by atoms with E-state index in [4.69, 9.17) is 4.74 Å². The van der Waals surface area contributed by atoms with Crippen molar-refractivity contribution in [1.29, 1.82) is 0 Å². The van der Waals surface area contributed by atoms with Crippen LogP contribution in [0.1, 0.15) is 19.4 Å². The minimum absolute atomic E-state index is 0.315. The standard InChI is InChI=1S/C18H19NO2/c1-3-21-18(20)17(15-10-6-4-7-11-15)14(2)19-16-12-8-5-9-13-16/h4-13,19H,3H2,1-2H3/b17-14-. The van der Waals surface area contributed by atoms with Crippen LogP contribution >= 0.6 is 0 Å². The first kappa shape index (κ1) is 14.9. The third-order valence-electron chi connectivity index (χ3n) is 3.02. The van der Waals surface area contributed by atoms with Gasteiger partial charge in [-0.15, -0.1) is 0 Å². The third-order valence-corrected chi connectivity index (χ3v) is 3.02. The van der Waals surface area contributed by atoms with Crippen LogP contribution in [0.2, 0.25) is 0 Å². The summed E-state index contributed by atoms with van der Waals surface area (Å²) in [6.07, 6.45) is 0. The highest BCUT2D eigenvalue weighted by molar-refractivity contribution is 6.17. The number of nitrogens with one attached hydrogen (secondary N) is 1. The van der Waals surface area contributed by atoms with Gasteiger partial charge in [-0.2, -0.15) is 0 Å². The second-order valence-electron chi connectivity index (χ2n) is 4.58. The molecule has 3 heteroatoms. The summed E-state index contributed by atoms with van der Waals surface area (Å²) < 4.78 is 5.18. The van der Waals surface area contributed by atoms with Crippen molar-refractivity contribution in [3.05, 3.63) is 71.9 Å². The molecule has 0 radical (unpaired) electrons. The van der Waals surface area contributed by atoms with Crippen LogP contribution in [-0.4, -0.2) is 12.6 Å². The molecule has 0 aliphatic heterocycles. The number of allylic oxidation sites excluding steroid dienone is 1. The van der Waals surface area contributed by atoms with Crippen LogP contribution in [0.15, 0.2) is 66.4 Å². The molecule has 0 aliphatic carbocycles. The number of benzene rings is 2. The molecule has 0 saturated heterocycles. The van der Waals surface area contributed by atoms with Gasteiger partial charge in [-0.3, -0.25) is 0 Å². The first-order valence-corrected chi connectivity index (χ1v) is 6.98. The van der Waals surface area contributed by atoms with E-state index in [9.17, 15) is 4.79 Å². The summed E-state index contributed by atoms with van der Waals surface area (Å²) in [5, 5.41) is 3.26. The maximum Gasteiger partial charge on any atom is 0.340 e. The van der Waals surface area contributed by atoms with Crippen LogP contribution in [0.3, 0.4) is 0 Å². The number of para-hydroxylation sites is 1. The lowest BCUT2D eigenvalue weighted by Crippen LogP contribution is -2.12. The molecule has 0 unspecified atom stereocenters. The molecular formula is C18H19NO2. The molecule has 0 spiro atoms. The highest BCUT2D eigenvalue weighted by atomic mass is 16.5. The molecule has 0 amide bonds. The van der Waals surface area contributed by atoms with Gasteiger partial charge in [0.2, 0.25) is 0 Å². The molecule has 108 valence electrons. The fourth-order valence-electron chi connectivity index (χ4n) is 2.10. The van der Waals surface area contributed by atoms with Crippen LogP contribution in [0, 0.1) is 0 Å². The van der Waals surface area contributed by atoms with E-state index in [1.807, 2.05) is 67.6 Å². The van der Waals surface area contributed by atoms with E-state index in [-0.39, 0.29) is 5.97 Å². The molecule has 21 heavy (non-hydrogen) atoms. The van der Waals surface area contributed by atoms with E-state index >= 15 is 0 Å². The molecular weight excluding hydrogens is 262 g/mol. The van der Waals surface area contributed by atoms with E-state index in [2.05, 4.69) is 5.32 Å². The predicted octanol–water partition coefficient (Wildman–Crippen LogP) is 4.09. The Morgan fingerprint density at radius 3 is 2.14 bits per heavy atom. The van der Waals surface area contributed by atoms with Crippen molar-refractivity contribution in [2.24, 2.45) is 0 Å². The predicted molar refractivity (Wildman–Crippen MR) is 85.7 cm³/mol. The van der Waals surface area contributed by atoms with Gasteiger partial charge in [-0.1, -0.05) is 48.5 Å². The number of carbonyl (C=O) groups excluding carboxylic acids is 1. The fourth-order valence-corrected chi connectivity index (χ4v) is 2.10. The second-order valence-corrected chi connectivity index (χ2v) is 4.58. The second kappa shape index (κ2) is 7.29. The van der Waals surface area contributed by atoms with Gasteiger partial charge < -0.3 is 10.1 Å². The van der Waals surface area contributed by atoms with Gasteiger partial charge in [-0.05, 0) is 31.5 Å². The monoisotopic (exact) mass is 281 g/mol. The highest BCUT2D eigenvalue weighted by Crippen LogP contribution is 2.22. The van der Waals surface area contributed by atoms with Crippen molar-refractivity contribution >= 4 is 17.2 Å². The summed E-state index contributed by atoms with van der Waals surface area (Å²) in [4.78, 5) is 12.3. The van der Waals surface area contributed by atoms with Crippen molar-refractivity contribution in [3.8, 4) is 0 Å². The molecule has 0 saturated carbocycles. The number of ether oxygens (including phenoxy) is 1. The number of anilines is 1. The lowest BCUT2D eigenvalue weighted by molar-refractivity contribution is -0.136. The number of hydrogen-bond donors (Lipinski definition) is 1. The first-order valence-electron chi connectivity index (χ1n) is 6.98. The van der Waals surface area contributed by atoms with Crippen LogP contribution in [-0.2, 0) is 9.53 Å². The largest absolute Gasteiger partial charge is 0.462 e. The Balaban J connectivity index is 2.38. The molecule has 3 nitrogen and oxygen atoms in total. The topological polar surface area (TPSA) is 38.3 Å². The van der Waals surface area contributed by atoms with Gasteiger partial charge in [-0.25, -0.2) is 4.79 Å². The number of carbonyl (C=O) groups is 1. The Bertz CT molecular complexity index is 618. The zero-order valence-electron chi connectivity index (χ0n) is 12.3. The molecule has 1 N–H and O–H groups in total. The van der Waals surface area contributed by atoms with Crippen molar-refractivity contribution in [2.45, 2.75) is 13.8 Å². The highest BCUT2D eigenvalue weighted by Gasteiger charge is 2.16. The molecule has 0 aliphatic rings. The SMILES string of the molecule is CCOC(=O)/C(=C(/C)Nc1ccccc1)c1ccccc1. The summed E-state index contributed by atoms with van der Waals surface area (Å²) in [6, 6.07) is 19.3. The summed E-state index contributed by atoms with van der Waals surface area (Å²) >= 11 is 0. The summed E-state index contributed by atoms with van der Waals surface area (Å²) in [7, 11) is 0. The number of esters is 1. The Hall–Kier alpha value is -2.55. The Morgan fingerprint density at radius 2 is 1.57 bits per heavy atom. The van der Waals surface area contributed by atoms with E-state index in [0.29, 0.717) is 12.2 Å². The van der Waals surface area contributed by atoms with Crippen molar-refractivity contribution in [2.75, 3.05) is 11.9 Å². The Morgan fingerprint density at radius 1 is 1.00 bits per heavy atom. The average Bonchev–Trinajstić information content (AvgIpc) is 2.50. The molecule has 0 aromatic heterocycles. The summed E-state index contributed by atoms with van der Waals surface area (Å²) in [6.45, 7) is 4.04. The van der Waals surface area contributed by atoms with E-state index in [0.717, 1.165) is 16.9 Å². The molecule has 2 aromatic rings. The van der Waals surface area contributed by atoms with E-state index in [1.54, 1.807) is 6.92 Å². The van der Waals surface area contributed by atoms with Crippen LogP contribution < -0.4 is 5.32 Å². The average molecular weight is 281 g/mol. The molecule has 0 bridgehead atoms. The van der Waals surface area contributed by atoms with Gasteiger partial charge in [0, 0.05) is 11.4 Å². The smallest absolute Gasteiger partial charge is 0.340 e. The molecule has 2 aromatic carbocycles. The quantitative estimate of drug-likeness (QED) is 0.662. The van der Waals surface area contributed by atoms with E-state index < -0.39 is 0 Å².